The second kappa shape index (κ2) is 7.89. The molecule has 3 rings (SSSR count). The van der Waals surface area contributed by atoms with Crippen molar-refractivity contribution in [3.05, 3.63) is 69.1 Å². The fourth-order valence-electron chi connectivity index (χ4n) is 3.39. The van der Waals surface area contributed by atoms with Crippen LogP contribution >= 0.6 is 0 Å². The van der Waals surface area contributed by atoms with Crippen LogP contribution in [0.25, 0.3) is 11.0 Å². The van der Waals surface area contributed by atoms with Crippen molar-refractivity contribution >= 4 is 22.6 Å². The van der Waals surface area contributed by atoms with Crippen LogP contribution in [0.1, 0.15) is 42.0 Å². The first kappa shape index (κ1) is 19.7. The van der Waals surface area contributed by atoms with E-state index in [-0.39, 0.29) is 18.2 Å². The minimum absolute atomic E-state index is 0.0397. The number of carbonyl (C=O) groups excluding carboxylic acids is 1. The summed E-state index contributed by atoms with van der Waals surface area (Å²) in [6.07, 6.45) is -0.0397. The van der Waals surface area contributed by atoms with Gasteiger partial charge in [0, 0.05) is 17.1 Å². The van der Waals surface area contributed by atoms with Gasteiger partial charge in [0.1, 0.15) is 11.3 Å². The van der Waals surface area contributed by atoms with Crippen molar-refractivity contribution < 1.29 is 13.9 Å². The summed E-state index contributed by atoms with van der Waals surface area (Å²) in [4.78, 5) is 25.2. The Bertz CT molecular complexity index is 1100. The lowest BCUT2D eigenvalue weighted by Crippen LogP contribution is -2.21. The Balaban J connectivity index is 1.93. The number of anilines is 1. The van der Waals surface area contributed by atoms with Crippen molar-refractivity contribution in [1.82, 2.24) is 0 Å². The van der Waals surface area contributed by atoms with Gasteiger partial charge in [-0.2, -0.15) is 0 Å². The third kappa shape index (κ3) is 3.79. The predicted octanol–water partition coefficient (Wildman–Crippen LogP) is 4.72. The molecule has 1 N–H and O–H groups in total. The molecule has 146 valence electrons. The van der Waals surface area contributed by atoms with Crippen LogP contribution in [-0.2, 0) is 11.2 Å². The number of hydrogen-bond donors (Lipinski definition) is 1. The average molecular weight is 379 g/mol. The van der Waals surface area contributed by atoms with E-state index in [1.54, 1.807) is 19.2 Å². The summed E-state index contributed by atoms with van der Waals surface area (Å²) < 4.78 is 10.6. The zero-order valence-corrected chi connectivity index (χ0v) is 16.9. The van der Waals surface area contributed by atoms with Crippen LogP contribution in [0.4, 0.5) is 5.69 Å². The lowest BCUT2D eigenvalue weighted by atomic mass is 9.97. The number of methoxy groups -OCH3 is 1. The lowest BCUT2D eigenvalue weighted by molar-refractivity contribution is -0.115. The Morgan fingerprint density at radius 1 is 1.18 bits per heavy atom. The number of rotatable bonds is 5. The summed E-state index contributed by atoms with van der Waals surface area (Å²) in [5, 5.41) is 3.78. The largest absolute Gasteiger partial charge is 0.497 e. The molecule has 0 saturated carbocycles. The highest BCUT2D eigenvalue weighted by Gasteiger charge is 2.17. The molecule has 0 fully saturated rings. The highest BCUT2D eigenvalue weighted by Crippen LogP contribution is 2.28. The number of para-hydroxylation sites is 1. The molecular formula is C23H25NO4. The van der Waals surface area contributed by atoms with Gasteiger partial charge < -0.3 is 14.5 Å². The zero-order valence-electron chi connectivity index (χ0n) is 16.9. The minimum Gasteiger partial charge on any atom is -0.497 e. The average Bonchev–Trinajstić information content (AvgIpc) is 2.66. The highest BCUT2D eigenvalue weighted by atomic mass is 16.5. The van der Waals surface area contributed by atoms with Gasteiger partial charge in [-0.15, -0.1) is 0 Å². The van der Waals surface area contributed by atoms with Gasteiger partial charge in [-0.3, -0.25) is 4.79 Å². The van der Waals surface area contributed by atoms with Gasteiger partial charge in [0.25, 0.3) is 0 Å². The Morgan fingerprint density at radius 3 is 2.61 bits per heavy atom. The maximum Gasteiger partial charge on any atom is 0.340 e. The van der Waals surface area contributed by atoms with Gasteiger partial charge in [0.2, 0.25) is 5.91 Å². The topological polar surface area (TPSA) is 68.5 Å². The second-order valence-corrected chi connectivity index (χ2v) is 7.27. The molecule has 0 bridgehead atoms. The quantitative estimate of drug-likeness (QED) is 0.651. The Labute approximate surface area is 164 Å². The maximum atomic E-state index is 12.7. The number of amides is 1. The summed E-state index contributed by atoms with van der Waals surface area (Å²) in [5.41, 5.74) is 3.95. The normalized spacial score (nSPS) is 11.1. The van der Waals surface area contributed by atoms with Crippen LogP contribution in [0, 0.1) is 13.8 Å². The molecule has 0 saturated heterocycles. The van der Waals surface area contributed by atoms with E-state index >= 15 is 0 Å². The molecule has 0 atom stereocenters. The monoisotopic (exact) mass is 379 g/mol. The van der Waals surface area contributed by atoms with Gasteiger partial charge in [0.15, 0.2) is 0 Å². The van der Waals surface area contributed by atoms with Gasteiger partial charge in [-0.25, -0.2) is 4.79 Å². The Morgan fingerprint density at radius 2 is 1.93 bits per heavy atom. The summed E-state index contributed by atoms with van der Waals surface area (Å²) >= 11 is 0. The van der Waals surface area contributed by atoms with Crippen molar-refractivity contribution in [2.24, 2.45) is 0 Å². The van der Waals surface area contributed by atoms with Gasteiger partial charge in [0.05, 0.1) is 19.1 Å². The van der Waals surface area contributed by atoms with Crippen molar-refractivity contribution in [3.63, 3.8) is 0 Å². The Hall–Kier alpha value is -3.08. The molecule has 5 nitrogen and oxygen atoms in total. The van der Waals surface area contributed by atoms with E-state index in [1.807, 2.05) is 38.1 Å². The van der Waals surface area contributed by atoms with Crippen LogP contribution in [-0.4, -0.2) is 13.0 Å². The second-order valence-electron chi connectivity index (χ2n) is 7.27. The number of nitrogens with one attached hydrogen (secondary N) is 1. The Kier molecular flexibility index (Phi) is 5.54. The predicted molar refractivity (Wildman–Crippen MR) is 111 cm³/mol. The molecule has 5 heteroatoms. The van der Waals surface area contributed by atoms with Crippen LogP contribution in [0.15, 0.2) is 45.6 Å². The molecule has 3 aromatic rings. The molecule has 0 spiro atoms. The standard InChI is InChI=1S/C23H25NO4/c1-13(2)17-8-6-7-14(3)22(17)24-21(25)12-19-15(4)18-10-9-16(27-5)11-20(18)28-23(19)26/h6-11,13H,12H2,1-5H3,(H,24,25). The van der Waals surface area contributed by atoms with E-state index in [9.17, 15) is 9.59 Å². The number of aryl methyl sites for hydroxylation is 2. The van der Waals surface area contributed by atoms with Gasteiger partial charge in [-0.05, 0) is 48.6 Å². The van der Waals surface area contributed by atoms with E-state index in [4.69, 9.17) is 9.15 Å². The first-order valence-electron chi connectivity index (χ1n) is 9.31. The van der Waals surface area contributed by atoms with Crippen LogP contribution < -0.4 is 15.7 Å². The molecule has 1 heterocycles. The SMILES string of the molecule is COc1ccc2c(C)c(CC(=O)Nc3c(C)cccc3C(C)C)c(=O)oc2c1. The molecule has 0 aliphatic carbocycles. The minimum atomic E-state index is -0.498. The highest BCUT2D eigenvalue weighted by molar-refractivity contribution is 5.95. The van der Waals surface area contributed by atoms with E-state index in [0.29, 0.717) is 16.9 Å². The van der Waals surface area contributed by atoms with E-state index in [2.05, 4.69) is 19.2 Å². The number of ether oxygens (including phenoxy) is 1. The fraction of sp³-hybridized carbons (Fsp3) is 0.304. The van der Waals surface area contributed by atoms with Gasteiger partial charge in [-0.1, -0.05) is 32.0 Å². The molecule has 2 aromatic carbocycles. The number of carbonyl (C=O) groups is 1. The van der Waals surface area contributed by atoms with Crippen molar-refractivity contribution in [3.8, 4) is 5.75 Å². The molecule has 1 amide bonds. The summed E-state index contributed by atoms with van der Waals surface area (Å²) in [5.74, 6) is 0.651. The number of fused-ring (bicyclic) bond motifs is 1. The smallest absolute Gasteiger partial charge is 0.340 e. The van der Waals surface area contributed by atoms with Crippen LogP contribution in [0.5, 0.6) is 5.75 Å². The summed E-state index contributed by atoms with van der Waals surface area (Å²) in [7, 11) is 1.56. The van der Waals surface area contributed by atoms with Crippen LogP contribution in [0.2, 0.25) is 0 Å². The van der Waals surface area contributed by atoms with Gasteiger partial charge >= 0.3 is 5.63 Å². The van der Waals surface area contributed by atoms with Crippen molar-refractivity contribution in [1.29, 1.82) is 0 Å². The first-order valence-corrected chi connectivity index (χ1v) is 9.31. The molecule has 28 heavy (non-hydrogen) atoms. The third-order valence-electron chi connectivity index (χ3n) is 5.02. The molecule has 0 aliphatic rings. The molecule has 0 unspecified atom stereocenters. The van der Waals surface area contributed by atoms with E-state index in [1.165, 1.54) is 0 Å². The van der Waals surface area contributed by atoms with E-state index < -0.39 is 5.63 Å². The maximum absolute atomic E-state index is 12.7. The molecule has 0 radical (unpaired) electrons. The van der Waals surface area contributed by atoms with Crippen molar-refractivity contribution in [2.75, 3.05) is 12.4 Å². The zero-order chi connectivity index (χ0) is 20.4. The fourth-order valence-corrected chi connectivity index (χ4v) is 3.39. The number of benzene rings is 2. The molecular weight excluding hydrogens is 354 g/mol. The summed E-state index contributed by atoms with van der Waals surface area (Å²) in [6, 6.07) is 11.3. The lowest BCUT2D eigenvalue weighted by Gasteiger charge is -2.16. The van der Waals surface area contributed by atoms with Crippen molar-refractivity contribution in [2.45, 2.75) is 40.0 Å². The van der Waals surface area contributed by atoms with Crippen LogP contribution in [0.3, 0.4) is 0 Å². The summed E-state index contributed by atoms with van der Waals surface area (Å²) in [6.45, 7) is 7.97. The number of hydrogen-bond acceptors (Lipinski definition) is 4. The molecule has 0 aliphatic heterocycles. The first-order chi connectivity index (χ1) is 13.3. The van der Waals surface area contributed by atoms with E-state index in [0.717, 1.165) is 27.8 Å². The molecule has 1 aromatic heterocycles. The third-order valence-corrected chi connectivity index (χ3v) is 5.02.